The van der Waals surface area contributed by atoms with Crippen LogP contribution in [-0.4, -0.2) is 21.4 Å². The molecule has 0 saturated heterocycles. The summed E-state index contributed by atoms with van der Waals surface area (Å²) < 4.78 is 0. The molecule has 0 saturated carbocycles. The number of nitrogens with zero attached hydrogens (tertiary/aromatic N) is 2. The number of amides is 1. The van der Waals surface area contributed by atoms with Crippen LogP contribution in [0.25, 0.3) is 0 Å². The highest BCUT2D eigenvalue weighted by Crippen LogP contribution is 2.15. The zero-order valence-corrected chi connectivity index (χ0v) is 14.3. The molecular formula is C18H24N4O. The molecule has 0 aliphatic heterocycles. The first-order chi connectivity index (χ1) is 10.7. The second-order valence-electron chi connectivity index (χ2n) is 6.67. The van der Waals surface area contributed by atoms with E-state index in [0.717, 1.165) is 5.56 Å². The van der Waals surface area contributed by atoms with Crippen LogP contribution in [0.5, 0.6) is 0 Å². The fraction of sp³-hybridized carbons (Fsp3) is 0.389. The fourth-order valence-electron chi connectivity index (χ4n) is 2.23. The Morgan fingerprint density at radius 3 is 2.39 bits per heavy atom. The van der Waals surface area contributed by atoms with Gasteiger partial charge in [-0.15, -0.1) is 0 Å². The lowest BCUT2D eigenvalue weighted by molar-refractivity contribution is 0.0934. The molecule has 2 aromatic rings. The predicted molar refractivity (Wildman–Crippen MR) is 92.5 cm³/mol. The lowest BCUT2D eigenvalue weighted by Crippen LogP contribution is -2.29. The number of hydrogen-bond donors (Lipinski definition) is 2. The van der Waals surface area contributed by atoms with E-state index in [2.05, 4.69) is 20.6 Å². The van der Waals surface area contributed by atoms with Crippen molar-refractivity contribution in [2.45, 2.75) is 46.2 Å². The molecule has 2 rings (SSSR count). The van der Waals surface area contributed by atoms with Gasteiger partial charge in [0.2, 0.25) is 0 Å². The molecule has 122 valence electrons. The SMILES string of the molecule is Cc1nc(NC(C)(C)C)cc(C(=O)NC(C)c2ccccc2)n1. The van der Waals surface area contributed by atoms with Crippen LogP contribution in [0.15, 0.2) is 36.4 Å². The van der Waals surface area contributed by atoms with E-state index in [9.17, 15) is 4.79 Å². The minimum absolute atomic E-state index is 0.0852. The fourth-order valence-corrected chi connectivity index (χ4v) is 2.23. The maximum Gasteiger partial charge on any atom is 0.270 e. The molecule has 1 aromatic heterocycles. The van der Waals surface area contributed by atoms with Gasteiger partial charge in [-0.1, -0.05) is 30.3 Å². The normalized spacial score (nSPS) is 12.6. The first-order valence-electron chi connectivity index (χ1n) is 7.74. The van der Waals surface area contributed by atoms with Crippen molar-refractivity contribution in [2.24, 2.45) is 0 Å². The number of hydrogen-bond acceptors (Lipinski definition) is 4. The van der Waals surface area contributed by atoms with Gasteiger partial charge in [0.25, 0.3) is 5.91 Å². The van der Waals surface area contributed by atoms with Gasteiger partial charge in [-0.25, -0.2) is 9.97 Å². The van der Waals surface area contributed by atoms with Crippen LogP contribution in [0.4, 0.5) is 5.82 Å². The zero-order valence-electron chi connectivity index (χ0n) is 14.3. The monoisotopic (exact) mass is 312 g/mol. The summed E-state index contributed by atoms with van der Waals surface area (Å²) in [6, 6.07) is 11.4. The van der Waals surface area contributed by atoms with Gasteiger partial charge in [0, 0.05) is 11.6 Å². The summed E-state index contributed by atoms with van der Waals surface area (Å²) in [7, 11) is 0. The third kappa shape index (κ3) is 5.06. The Bertz CT molecular complexity index is 677. The van der Waals surface area contributed by atoms with Crippen LogP contribution in [-0.2, 0) is 0 Å². The molecule has 0 aliphatic rings. The van der Waals surface area contributed by atoms with Gasteiger partial charge >= 0.3 is 0 Å². The molecule has 1 amide bonds. The quantitative estimate of drug-likeness (QED) is 0.907. The second kappa shape index (κ2) is 6.77. The predicted octanol–water partition coefficient (Wildman–Crippen LogP) is 3.49. The first-order valence-corrected chi connectivity index (χ1v) is 7.74. The van der Waals surface area contributed by atoms with E-state index in [1.165, 1.54) is 0 Å². The second-order valence-corrected chi connectivity index (χ2v) is 6.67. The lowest BCUT2D eigenvalue weighted by Gasteiger charge is -2.22. The van der Waals surface area contributed by atoms with Crippen molar-refractivity contribution in [1.29, 1.82) is 0 Å². The minimum atomic E-state index is -0.205. The number of aromatic nitrogens is 2. The smallest absolute Gasteiger partial charge is 0.270 e. The molecule has 0 radical (unpaired) electrons. The Labute approximate surface area is 137 Å². The number of nitrogens with one attached hydrogen (secondary N) is 2. The summed E-state index contributed by atoms with van der Waals surface area (Å²) in [4.78, 5) is 21.1. The Morgan fingerprint density at radius 1 is 1.13 bits per heavy atom. The molecular weight excluding hydrogens is 288 g/mol. The molecule has 0 spiro atoms. The number of carbonyl (C=O) groups is 1. The van der Waals surface area contributed by atoms with Crippen LogP contribution in [0.2, 0.25) is 0 Å². The van der Waals surface area contributed by atoms with Crippen molar-refractivity contribution in [2.75, 3.05) is 5.32 Å². The van der Waals surface area contributed by atoms with Crippen LogP contribution >= 0.6 is 0 Å². The highest BCUT2D eigenvalue weighted by atomic mass is 16.1. The standard InChI is InChI=1S/C18H24N4O/c1-12(14-9-7-6-8-10-14)19-17(23)15-11-16(21-13(2)20-15)22-18(3,4)5/h6-12H,1-5H3,(H,19,23)(H,20,21,22). The number of anilines is 1. The molecule has 0 bridgehead atoms. The largest absolute Gasteiger partial charge is 0.365 e. The maximum absolute atomic E-state index is 12.5. The van der Waals surface area contributed by atoms with Gasteiger partial charge in [0.15, 0.2) is 0 Å². The molecule has 1 aromatic carbocycles. The molecule has 1 heterocycles. The Hall–Kier alpha value is -2.43. The Kier molecular flexibility index (Phi) is 4.98. The molecule has 5 heteroatoms. The Balaban J connectivity index is 2.16. The molecule has 0 aliphatic carbocycles. The van der Waals surface area contributed by atoms with Gasteiger partial charge in [-0.2, -0.15) is 0 Å². The maximum atomic E-state index is 12.5. The van der Waals surface area contributed by atoms with Crippen LogP contribution in [0.1, 0.15) is 55.6 Å². The van der Waals surface area contributed by atoms with Crippen molar-refractivity contribution in [3.8, 4) is 0 Å². The third-order valence-electron chi connectivity index (χ3n) is 3.22. The number of benzene rings is 1. The topological polar surface area (TPSA) is 66.9 Å². The summed E-state index contributed by atoms with van der Waals surface area (Å²) in [5.74, 6) is 1.02. The highest BCUT2D eigenvalue weighted by molar-refractivity contribution is 5.93. The summed E-state index contributed by atoms with van der Waals surface area (Å²) in [5.41, 5.74) is 1.29. The van der Waals surface area contributed by atoms with Crippen LogP contribution < -0.4 is 10.6 Å². The summed E-state index contributed by atoms with van der Waals surface area (Å²) in [6.45, 7) is 9.87. The van der Waals surface area contributed by atoms with Crippen molar-refractivity contribution in [1.82, 2.24) is 15.3 Å². The van der Waals surface area contributed by atoms with E-state index in [0.29, 0.717) is 17.3 Å². The third-order valence-corrected chi connectivity index (χ3v) is 3.22. The van der Waals surface area contributed by atoms with E-state index in [-0.39, 0.29) is 17.5 Å². The van der Waals surface area contributed by atoms with Crippen LogP contribution in [0.3, 0.4) is 0 Å². The number of aryl methyl sites for hydroxylation is 1. The average molecular weight is 312 g/mol. The van der Waals surface area contributed by atoms with Gasteiger partial charge < -0.3 is 10.6 Å². The summed E-state index contributed by atoms with van der Waals surface area (Å²) >= 11 is 0. The number of rotatable bonds is 4. The molecule has 1 atom stereocenters. The van der Waals surface area contributed by atoms with Crippen molar-refractivity contribution < 1.29 is 4.79 Å². The van der Waals surface area contributed by atoms with E-state index in [1.807, 2.05) is 58.0 Å². The summed E-state index contributed by atoms with van der Waals surface area (Å²) in [6.07, 6.45) is 0. The van der Waals surface area contributed by atoms with Crippen molar-refractivity contribution in [3.05, 3.63) is 53.5 Å². The van der Waals surface area contributed by atoms with Crippen molar-refractivity contribution in [3.63, 3.8) is 0 Å². The Morgan fingerprint density at radius 2 is 1.78 bits per heavy atom. The average Bonchev–Trinajstić information content (AvgIpc) is 2.45. The van der Waals surface area contributed by atoms with E-state index < -0.39 is 0 Å². The lowest BCUT2D eigenvalue weighted by atomic mass is 10.1. The molecule has 1 unspecified atom stereocenters. The molecule has 5 nitrogen and oxygen atoms in total. The zero-order chi connectivity index (χ0) is 17.0. The van der Waals surface area contributed by atoms with E-state index in [1.54, 1.807) is 13.0 Å². The minimum Gasteiger partial charge on any atom is -0.365 e. The number of carbonyl (C=O) groups excluding carboxylic acids is 1. The molecule has 23 heavy (non-hydrogen) atoms. The van der Waals surface area contributed by atoms with E-state index >= 15 is 0 Å². The van der Waals surface area contributed by atoms with Crippen molar-refractivity contribution >= 4 is 11.7 Å². The van der Waals surface area contributed by atoms with Gasteiger partial charge in [-0.3, -0.25) is 4.79 Å². The summed E-state index contributed by atoms with van der Waals surface area (Å²) in [5, 5.41) is 6.24. The van der Waals surface area contributed by atoms with Gasteiger partial charge in [0.05, 0.1) is 6.04 Å². The molecule has 2 N–H and O–H groups in total. The first kappa shape index (κ1) is 16.9. The highest BCUT2D eigenvalue weighted by Gasteiger charge is 2.16. The van der Waals surface area contributed by atoms with Gasteiger partial charge in [-0.05, 0) is 40.2 Å². The van der Waals surface area contributed by atoms with E-state index in [4.69, 9.17) is 0 Å². The molecule has 0 fully saturated rings. The van der Waals surface area contributed by atoms with Crippen LogP contribution in [0, 0.1) is 6.92 Å². The van der Waals surface area contributed by atoms with Gasteiger partial charge in [0.1, 0.15) is 17.3 Å².